The van der Waals surface area contributed by atoms with Crippen LogP contribution in [0.4, 0.5) is 13.2 Å². The van der Waals surface area contributed by atoms with E-state index >= 15 is 0 Å². The zero-order valence-corrected chi connectivity index (χ0v) is 12.4. The average molecular weight is 339 g/mol. The second kappa shape index (κ2) is 7.59. The highest BCUT2D eigenvalue weighted by atomic mass is 32.2. The fraction of sp³-hybridized carbons (Fsp3) is 0.462. The molecule has 0 fully saturated rings. The Morgan fingerprint density at radius 2 is 1.68 bits per heavy atom. The molecule has 0 saturated carbocycles. The first kappa shape index (κ1) is 18.4. The number of hydrogen-bond acceptors (Lipinski definition) is 3. The molecule has 9 heteroatoms. The van der Waals surface area contributed by atoms with Crippen LogP contribution >= 0.6 is 0 Å². The van der Waals surface area contributed by atoms with Gasteiger partial charge in [-0.15, -0.1) is 4.31 Å². The maximum absolute atomic E-state index is 13.0. The van der Waals surface area contributed by atoms with Crippen molar-refractivity contribution in [2.45, 2.75) is 36.9 Å². The van der Waals surface area contributed by atoms with Crippen LogP contribution in [0.2, 0.25) is 0 Å². The maximum atomic E-state index is 13.0. The predicted molar refractivity (Wildman–Crippen MR) is 72.5 cm³/mol. The standard InChI is InChI=1S/C13H16F3NO4S/c14-13(15,16)17(10-6-2-5-9-12(18)19)22(20,21)11-7-3-1-4-8-11/h1,3-4,7-8H,2,5-6,9-10H2,(H,18,19). The Kier molecular flexibility index (Phi) is 6.36. The van der Waals surface area contributed by atoms with Crippen molar-refractivity contribution in [3.05, 3.63) is 30.3 Å². The van der Waals surface area contributed by atoms with Crippen LogP contribution in [0.25, 0.3) is 0 Å². The van der Waals surface area contributed by atoms with Crippen molar-refractivity contribution in [2.24, 2.45) is 0 Å². The van der Waals surface area contributed by atoms with Gasteiger partial charge < -0.3 is 5.11 Å². The van der Waals surface area contributed by atoms with E-state index in [1.807, 2.05) is 0 Å². The minimum Gasteiger partial charge on any atom is -0.481 e. The Balaban J connectivity index is 2.80. The number of rotatable bonds is 8. The number of halogens is 3. The zero-order chi connectivity index (χ0) is 16.8. The van der Waals surface area contributed by atoms with Crippen LogP contribution in [0.3, 0.4) is 0 Å². The van der Waals surface area contributed by atoms with Crippen molar-refractivity contribution in [3.8, 4) is 0 Å². The third-order valence-corrected chi connectivity index (χ3v) is 4.70. The Hall–Kier alpha value is -1.61. The molecule has 0 radical (unpaired) electrons. The molecule has 0 aliphatic rings. The molecule has 0 saturated heterocycles. The topological polar surface area (TPSA) is 74.7 Å². The van der Waals surface area contributed by atoms with Gasteiger partial charge in [0.2, 0.25) is 10.0 Å². The Morgan fingerprint density at radius 3 is 2.18 bits per heavy atom. The van der Waals surface area contributed by atoms with Crippen LogP contribution in [0.15, 0.2) is 35.2 Å². The van der Waals surface area contributed by atoms with E-state index in [1.165, 1.54) is 18.2 Å². The van der Waals surface area contributed by atoms with E-state index in [9.17, 15) is 26.4 Å². The molecule has 5 nitrogen and oxygen atoms in total. The summed E-state index contributed by atoms with van der Waals surface area (Å²) in [6, 6.07) is 6.38. The van der Waals surface area contributed by atoms with Gasteiger partial charge in [0, 0.05) is 13.0 Å². The van der Waals surface area contributed by atoms with Gasteiger partial charge in [0.1, 0.15) is 0 Å². The largest absolute Gasteiger partial charge is 0.481 e. The Morgan fingerprint density at radius 1 is 1.09 bits per heavy atom. The smallest absolute Gasteiger partial charge is 0.473 e. The maximum Gasteiger partial charge on any atom is 0.473 e. The van der Waals surface area contributed by atoms with Crippen LogP contribution in [0.1, 0.15) is 25.7 Å². The van der Waals surface area contributed by atoms with Gasteiger partial charge in [-0.3, -0.25) is 4.79 Å². The van der Waals surface area contributed by atoms with Crippen LogP contribution in [-0.2, 0) is 14.8 Å². The van der Waals surface area contributed by atoms with Gasteiger partial charge in [-0.1, -0.05) is 24.6 Å². The highest BCUT2D eigenvalue weighted by molar-refractivity contribution is 7.89. The quantitative estimate of drug-likeness (QED) is 0.584. The van der Waals surface area contributed by atoms with Gasteiger partial charge in [-0.05, 0) is 25.0 Å². The molecular weight excluding hydrogens is 323 g/mol. The number of carboxylic acids is 1. The normalized spacial score (nSPS) is 12.5. The van der Waals surface area contributed by atoms with Crippen molar-refractivity contribution in [1.29, 1.82) is 0 Å². The summed E-state index contributed by atoms with van der Waals surface area (Å²) in [7, 11) is -4.67. The lowest BCUT2D eigenvalue weighted by Crippen LogP contribution is -2.43. The van der Waals surface area contributed by atoms with Crippen LogP contribution in [-0.4, -0.2) is 36.6 Å². The molecule has 1 aromatic rings. The number of hydrogen-bond donors (Lipinski definition) is 1. The molecule has 124 valence electrons. The van der Waals surface area contributed by atoms with Gasteiger partial charge >= 0.3 is 12.3 Å². The van der Waals surface area contributed by atoms with Crippen molar-refractivity contribution in [3.63, 3.8) is 0 Å². The predicted octanol–water partition coefficient (Wildman–Crippen LogP) is 2.84. The molecule has 0 heterocycles. The number of carbonyl (C=O) groups is 1. The fourth-order valence-electron chi connectivity index (χ4n) is 1.81. The van der Waals surface area contributed by atoms with Crippen molar-refractivity contribution in [2.75, 3.05) is 6.54 Å². The van der Waals surface area contributed by atoms with E-state index in [4.69, 9.17) is 5.11 Å². The van der Waals surface area contributed by atoms with E-state index in [1.54, 1.807) is 0 Å². The number of benzene rings is 1. The summed E-state index contributed by atoms with van der Waals surface area (Å²) in [4.78, 5) is 9.88. The molecule has 0 aromatic heterocycles. The van der Waals surface area contributed by atoms with E-state index in [0.717, 1.165) is 12.1 Å². The molecule has 1 aromatic carbocycles. The van der Waals surface area contributed by atoms with E-state index in [-0.39, 0.29) is 25.7 Å². The highest BCUT2D eigenvalue weighted by Gasteiger charge is 2.45. The molecule has 0 aliphatic heterocycles. The zero-order valence-electron chi connectivity index (χ0n) is 11.6. The first-order valence-electron chi connectivity index (χ1n) is 6.52. The van der Waals surface area contributed by atoms with Crippen LogP contribution in [0.5, 0.6) is 0 Å². The molecular formula is C13H16F3NO4S. The number of unbranched alkanes of at least 4 members (excludes halogenated alkanes) is 2. The fourth-order valence-corrected chi connectivity index (χ4v) is 3.21. The van der Waals surface area contributed by atoms with Crippen molar-refractivity contribution in [1.82, 2.24) is 4.31 Å². The summed E-state index contributed by atoms with van der Waals surface area (Å²) in [5, 5.41) is 8.44. The van der Waals surface area contributed by atoms with Crippen molar-refractivity contribution < 1.29 is 31.5 Å². The minimum absolute atomic E-state index is 0.0706. The monoisotopic (exact) mass is 339 g/mol. The van der Waals surface area contributed by atoms with Gasteiger partial charge in [0.05, 0.1) is 4.90 Å². The van der Waals surface area contributed by atoms with Gasteiger partial charge in [0.25, 0.3) is 0 Å². The SMILES string of the molecule is O=C(O)CCCCCN(C(F)(F)F)S(=O)(=O)c1ccccc1. The summed E-state index contributed by atoms with van der Waals surface area (Å²) >= 11 is 0. The lowest BCUT2D eigenvalue weighted by Gasteiger charge is -2.24. The first-order chi connectivity index (χ1) is 10.2. The van der Waals surface area contributed by atoms with Crippen LogP contribution in [0, 0.1) is 0 Å². The summed E-state index contributed by atoms with van der Waals surface area (Å²) in [6.45, 7) is -0.736. The minimum atomic E-state index is -5.03. The summed E-state index contributed by atoms with van der Waals surface area (Å²) in [5.41, 5.74) is 0. The highest BCUT2D eigenvalue weighted by Crippen LogP contribution is 2.29. The average Bonchev–Trinajstić information content (AvgIpc) is 2.41. The van der Waals surface area contributed by atoms with Gasteiger partial charge in [-0.2, -0.15) is 13.2 Å². The number of aliphatic carboxylic acids is 1. The van der Waals surface area contributed by atoms with E-state index in [0.29, 0.717) is 0 Å². The molecule has 0 aliphatic carbocycles. The molecule has 1 N–H and O–H groups in total. The second-order valence-electron chi connectivity index (χ2n) is 4.56. The Bertz CT molecular complexity index is 587. The molecule has 0 bridgehead atoms. The van der Waals surface area contributed by atoms with E-state index in [2.05, 4.69) is 0 Å². The molecule has 22 heavy (non-hydrogen) atoms. The van der Waals surface area contributed by atoms with Crippen molar-refractivity contribution >= 4 is 16.0 Å². The first-order valence-corrected chi connectivity index (χ1v) is 7.96. The summed E-state index contributed by atoms with van der Waals surface area (Å²) < 4.78 is 62.6. The van der Waals surface area contributed by atoms with Gasteiger partial charge in [0.15, 0.2) is 0 Å². The Labute approximate surface area is 126 Å². The second-order valence-corrected chi connectivity index (χ2v) is 6.42. The van der Waals surface area contributed by atoms with E-state index < -0.39 is 38.0 Å². The number of sulfonamides is 1. The lowest BCUT2D eigenvalue weighted by atomic mass is 10.2. The molecule has 1 rings (SSSR count). The number of carboxylic acid groups (broad SMARTS) is 1. The summed E-state index contributed by atoms with van der Waals surface area (Å²) in [6.07, 6.45) is -4.85. The molecule has 0 atom stereocenters. The lowest BCUT2D eigenvalue weighted by molar-refractivity contribution is -0.210. The third-order valence-electron chi connectivity index (χ3n) is 2.87. The van der Waals surface area contributed by atoms with Gasteiger partial charge in [-0.25, -0.2) is 8.42 Å². The molecule has 0 unspecified atom stereocenters. The third kappa shape index (κ3) is 5.30. The van der Waals surface area contributed by atoms with Crippen LogP contribution < -0.4 is 0 Å². The number of alkyl halides is 3. The summed E-state index contributed by atoms with van der Waals surface area (Å²) in [5.74, 6) is -1.04. The molecule has 0 spiro atoms. The molecule has 0 amide bonds. The number of nitrogens with zero attached hydrogens (tertiary/aromatic N) is 1.